The van der Waals surface area contributed by atoms with Crippen LogP contribution in [0, 0.1) is 0 Å². The minimum atomic E-state index is -0.267. The van der Waals surface area contributed by atoms with Crippen molar-refractivity contribution in [1.82, 2.24) is 14.8 Å². The highest BCUT2D eigenvalue weighted by molar-refractivity contribution is 6.30. The zero-order chi connectivity index (χ0) is 13.2. The van der Waals surface area contributed by atoms with Gasteiger partial charge in [0.15, 0.2) is 5.82 Å². The van der Waals surface area contributed by atoms with Crippen molar-refractivity contribution in [2.75, 3.05) is 0 Å². The highest BCUT2D eigenvalue weighted by Gasteiger charge is 2.08. The van der Waals surface area contributed by atoms with E-state index in [0.717, 1.165) is 11.3 Å². The van der Waals surface area contributed by atoms with Gasteiger partial charge in [-0.1, -0.05) is 29.8 Å². The number of para-hydroxylation sites is 1. The predicted octanol–water partition coefficient (Wildman–Crippen LogP) is 2.88. The van der Waals surface area contributed by atoms with Gasteiger partial charge in [-0.05, 0) is 36.4 Å². The van der Waals surface area contributed by atoms with Crippen molar-refractivity contribution >= 4 is 11.6 Å². The highest BCUT2D eigenvalue weighted by Crippen LogP contribution is 2.17. The summed E-state index contributed by atoms with van der Waals surface area (Å²) in [5.41, 5.74) is 1.27. The number of nitrogens with one attached hydrogen (secondary N) is 1. The summed E-state index contributed by atoms with van der Waals surface area (Å²) < 4.78 is 1.34. The van der Waals surface area contributed by atoms with E-state index in [1.165, 1.54) is 4.68 Å². The molecular weight excluding hydrogens is 262 g/mol. The Labute approximate surface area is 114 Å². The van der Waals surface area contributed by atoms with E-state index in [9.17, 15) is 4.79 Å². The van der Waals surface area contributed by atoms with Gasteiger partial charge in [-0.2, -0.15) is 4.68 Å². The molecule has 0 bridgehead atoms. The maximum absolute atomic E-state index is 11.9. The van der Waals surface area contributed by atoms with Crippen molar-refractivity contribution in [2.24, 2.45) is 0 Å². The van der Waals surface area contributed by atoms with Crippen LogP contribution in [0.1, 0.15) is 0 Å². The molecule has 3 aromatic rings. The lowest BCUT2D eigenvalue weighted by molar-refractivity contribution is 0.845. The van der Waals surface area contributed by atoms with Gasteiger partial charge in [-0.15, -0.1) is 5.10 Å². The normalized spacial score (nSPS) is 10.6. The Morgan fingerprint density at radius 1 is 1.00 bits per heavy atom. The number of benzene rings is 2. The smallest absolute Gasteiger partial charge is 0.288 e. The first kappa shape index (κ1) is 11.7. The van der Waals surface area contributed by atoms with Gasteiger partial charge in [-0.3, -0.25) is 4.98 Å². The summed E-state index contributed by atoms with van der Waals surface area (Å²) in [7, 11) is 0. The van der Waals surface area contributed by atoms with Gasteiger partial charge in [0.2, 0.25) is 0 Å². The fraction of sp³-hybridized carbons (Fsp3) is 0. The van der Waals surface area contributed by atoms with Crippen molar-refractivity contribution < 1.29 is 0 Å². The Balaban J connectivity index is 2.07. The van der Waals surface area contributed by atoms with Crippen molar-refractivity contribution in [3.05, 3.63) is 70.1 Å². The molecule has 0 fully saturated rings. The van der Waals surface area contributed by atoms with Crippen LogP contribution in [0.3, 0.4) is 0 Å². The average Bonchev–Trinajstić information content (AvgIpc) is 2.83. The third-order valence-corrected chi connectivity index (χ3v) is 2.99. The van der Waals surface area contributed by atoms with Gasteiger partial charge in [-0.25, -0.2) is 4.79 Å². The van der Waals surface area contributed by atoms with Crippen LogP contribution in [0.15, 0.2) is 59.4 Å². The van der Waals surface area contributed by atoms with Crippen LogP contribution in [0.25, 0.3) is 17.1 Å². The Kier molecular flexibility index (Phi) is 2.93. The van der Waals surface area contributed by atoms with Gasteiger partial charge >= 0.3 is 5.69 Å². The van der Waals surface area contributed by atoms with E-state index in [2.05, 4.69) is 10.1 Å². The number of aromatic nitrogens is 3. The molecule has 1 heterocycles. The molecule has 0 saturated heterocycles. The minimum absolute atomic E-state index is 0.267. The second kappa shape index (κ2) is 4.74. The third-order valence-electron chi connectivity index (χ3n) is 2.74. The van der Waals surface area contributed by atoms with E-state index in [1.54, 1.807) is 12.1 Å². The summed E-state index contributed by atoms with van der Waals surface area (Å²) in [6.07, 6.45) is 0. The van der Waals surface area contributed by atoms with E-state index in [1.807, 2.05) is 42.5 Å². The zero-order valence-corrected chi connectivity index (χ0v) is 10.6. The van der Waals surface area contributed by atoms with E-state index >= 15 is 0 Å². The van der Waals surface area contributed by atoms with E-state index in [-0.39, 0.29) is 5.69 Å². The van der Waals surface area contributed by atoms with Gasteiger partial charge in [0.05, 0.1) is 5.69 Å². The lowest BCUT2D eigenvalue weighted by Crippen LogP contribution is -2.15. The van der Waals surface area contributed by atoms with E-state index < -0.39 is 0 Å². The van der Waals surface area contributed by atoms with E-state index in [4.69, 9.17) is 11.6 Å². The molecule has 0 saturated carbocycles. The minimum Gasteiger partial charge on any atom is -0.288 e. The number of hydrogen-bond acceptors (Lipinski definition) is 2. The Morgan fingerprint density at radius 3 is 2.37 bits per heavy atom. The lowest BCUT2D eigenvalue weighted by atomic mass is 10.2. The standard InChI is InChI=1S/C14H10ClN3O/c15-11-8-6-10(7-9-11)13-16-14(19)18(17-13)12-4-2-1-3-5-12/h1-9H,(H,16,17,19). The number of aromatic amines is 1. The molecule has 2 aromatic carbocycles. The molecule has 1 N–H and O–H groups in total. The third kappa shape index (κ3) is 2.30. The maximum atomic E-state index is 11.9. The SMILES string of the molecule is O=c1[nH]c(-c2ccc(Cl)cc2)nn1-c1ccccc1. The Morgan fingerprint density at radius 2 is 1.68 bits per heavy atom. The summed E-state index contributed by atoms with van der Waals surface area (Å²) in [6, 6.07) is 16.4. The van der Waals surface area contributed by atoms with Crippen LogP contribution in [0.4, 0.5) is 0 Å². The summed E-state index contributed by atoms with van der Waals surface area (Å²) in [5, 5.41) is 4.93. The largest absolute Gasteiger partial charge is 0.348 e. The molecule has 0 amide bonds. The average molecular weight is 272 g/mol. The number of halogens is 1. The molecule has 0 aliphatic heterocycles. The van der Waals surface area contributed by atoms with Crippen LogP contribution in [0.2, 0.25) is 5.02 Å². The molecular formula is C14H10ClN3O. The van der Waals surface area contributed by atoms with Gasteiger partial charge in [0.1, 0.15) is 0 Å². The van der Waals surface area contributed by atoms with Crippen LogP contribution < -0.4 is 5.69 Å². The second-order valence-corrected chi connectivity index (χ2v) is 4.47. The highest BCUT2D eigenvalue weighted by atomic mass is 35.5. The van der Waals surface area contributed by atoms with Gasteiger partial charge < -0.3 is 0 Å². The molecule has 0 atom stereocenters. The summed E-state index contributed by atoms with van der Waals surface area (Å²) >= 11 is 5.83. The first-order chi connectivity index (χ1) is 9.24. The molecule has 19 heavy (non-hydrogen) atoms. The molecule has 0 aliphatic rings. The fourth-order valence-corrected chi connectivity index (χ4v) is 1.93. The first-order valence-corrected chi connectivity index (χ1v) is 6.12. The van der Waals surface area contributed by atoms with Crippen LogP contribution in [0.5, 0.6) is 0 Å². The molecule has 0 spiro atoms. The van der Waals surface area contributed by atoms with Crippen LogP contribution in [-0.4, -0.2) is 14.8 Å². The predicted molar refractivity (Wildman–Crippen MR) is 74.6 cm³/mol. The second-order valence-electron chi connectivity index (χ2n) is 4.03. The molecule has 3 rings (SSSR count). The monoisotopic (exact) mass is 271 g/mol. The Hall–Kier alpha value is -2.33. The van der Waals surface area contributed by atoms with Gasteiger partial charge in [0, 0.05) is 10.6 Å². The van der Waals surface area contributed by atoms with Crippen molar-refractivity contribution in [3.8, 4) is 17.1 Å². The zero-order valence-electron chi connectivity index (χ0n) is 9.88. The molecule has 0 aliphatic carbocycles. The van der Waals surface area contributed by atoms with Crippen molar-refractivity contribution in [1.29, 1.82) is 0 Å². The van der Waals surface area contributed by atoms with Crippen molar-refractivity contribution in [2.45, 2.75) is 0 Å². The molecule has 94 valence electrons. The maximum Gasteiger partial charge on any atom is 0.348 e. The fourth-order valence-electron chi connectivity index (χ4n) is 1.81. The van der Waals surface area contributed by atoms with Crippen molar-refractivity contribution in [3.63, 3.8) is 0 Å². The summed E-state index contributed by atoms with van der Waals surface area (Å²) in [5.74, 6) is 0.519. The summed E-state index contributed by atoms with van der Waals surface area (Å²) in [6.45, 7) is 0. The van der Waals surface area contributed by atoms with Crippen LogP contribution >= 0.6 is 11.6 Å². The first-order valence-electron chi connectivity index (χ1n) is 5.75. The molecule has 0 radical (unpaired) electrons. The molecule has 4 nitrogen and oxygen atoms in total. The summed E-state index contributed by atoms with van der Waals surface area (Å²) in [4.78, 5) is 14.6. The van der Waals surface area contributed by atoms with E-state index in [0.29, 0.717) is 10.8 Å². The molecule has 1 aromatic heterocycles. The topological polar surface area (TPSA) is 50.7 Å². The molecule has 0 unspecified atom stereocenters. The van der Waals surface area contributed by atoms with Crippen LogP contribution in [-0.2, 0) is 0 Å². The number of rotatable bonds is 2. The Bertz CT molecular complexity index is 744. The number of nitrogens with zero attached hydrogens (tertiary/aromatic N) is 2. The quantitative estimate of drug-likeness (QED) is 0.779. The number of H-pyrrole nitrogens is 1. The van der Waals surface area contributed by atoms with Gasteiger partial charge in [0.25, 0.3) is 0 Å². The molecule has 5 heteroatoms. The lowest BCUT2D eigenvalue weighted by Gasteiger charge is -1.98. The number of hydrogen-bond donors (Lipinski definition) is 1.